The van der Waals surface area contributed by atoms with Crippen molar-refractivity contribution in [1.82, 2.24) is 5.32 Å². The number of fused-ring (bicyclic) bond motifs is 1. The molecule has 0 aliphatic heterocycles. The topological polar surface area (TPSA) is 75.7 Å². The highest BCUT2D eigenvalue weighted by atomic mass is 32.2. The predicted molar refractivity (Wildman–Crippen MR) is 134 cm³/mol. The van der Waals surface area contributed by atoms with Crippen molar-refractivity contribution in [2.24, 2.45) is 0 Å². The van der Waals surface area contributed by atoms with Crippen molar-refractivity contribution in [3.63, 3.8) is 0 Å². The maximum atomic E-state index is 13.7. The average Bonchev–Trinajstić information content (AvgIpc) is 2.83. The van der Waals surface area contributed by atoms with Gasteiger partial charge in [-0.2, -0.15) is 0 Å². The van der Waals surface area contributed by atoms with E-state index in [4.69, 9.17) is 4.74 Å². The minimum atomic E-state index is -4.02. The Bertz CT molecular complexity index is 1290. The molecule has 3 aromatic rings. The van der Waals surface area contributed by atoms with Crippen molar-refractivity contribution in [3.05, 3.63) is 89.0 Å². The monoisotopic (exact) mass is 478 g/mol. The normalized spacial score (nSPS) is 15.3. The quantitative estimate of drug-likeness (QED) is 0.534. The third kappa shape index (κ3) is 4.94. The van der Waals surface area contributed by atoms with Gasteiger partial charge in [0.1, 0.15) is 12.3 Å². The summed E-state index contributed by atoms with van der Waals surface area (Å²) in [4.78, 5) is 13.4. The van der Waals surface area contributed by atoms with Crippen molar-refractivity contribution in [3.8, 4) is 5.75 Å². The molecule has 0 saturated carbocycles. The Kier molecular flexibility index (Phi) is 6.93. The van der Waals surface area contributed by atoms with Gasteiger partial charge in [-0.05, 0) is 74.1 Å². The molecule has 1 N–H and O–H groups in total. The molecule has 0 radical (unpaired) electrons. The number of rotatable bonds is 7. The van der Waals surface area contributed by atoms with E-state index >= 15 is 0 Å². The van der Waals surface area contributed by atoms with E-state index in [0.29, 0.717) is 11.4 Å². The number of carbonyl (C=O) groups excluding carboxylic acids is 1. The molecule has 0 saturated heterocycles. The van der Waals surface area contributed by atoms with Crippen LogP contribution in [0.3, 0.4) is 0 Å². The highest BCUT2D eigenvalue weighted by Gasteiger charge is 2.31. The number of aryl methyl sites for hydroxylation is 3. The summed E-state index contributed by atoms with van der Waals surface area (Å²) in [5, 5.41) is 3.07. The molecule has 34 heavy (non-hydrogen) atoms. The van der Waals surface area contributed by atoms with E-state index in [0.717, 1.165) is 40.3 Å². The number of sulfonamides is 1. The summed E-state index contributed by atoms with van der Waals surface area (Å²) in [5.74, 6) is 0.0260. The zero-order valence-corrected chi connectivity index (χ0v) is 20.6. The number of hydrogen-bond donors (Lipinski definition) is 1. The van der Waals surface area contributed by atoms with Crippen LogP contribution in [-0.2, 0) is 21.2 Å². The number of ether oxygens (including phenoxy) is 1. The van der Waals surface area contributed by atoms with Gasteiger partial charge < -0.3 is 10.1 Å². The van der Waals surface area contributed by atoms with Crippen molar-refractivity contribution < 1.29 is 17.9 Å². The van der Waals surface area contributed by atoms with Gasteiger partial charge >= 0.3 is 0 Å². The molecule has 0 unspecified atom stereocenters. The lowest BCUT2D eigenvalue weighted by Gasteiger charge is -2.29. The van der Waals surface area contributed by atoms with Crippen molar-refractivity contribution in [2.45, 2.75) is 44.0 Å². The lowest BCUT2D eigenvalue weighted by atomic mass is 9.88. The van der Waals surface area contributed by atoms with Crippen LogP contribution in [0.2, 0.25) is 0 Å². The molecule has 6 nitrogen and oxygen atoms in total. The van der Waals surface area contributed by atoms with Gasteiger partial charge in [-0.1, -0.05) is 48.0 Å². The molecule has 0 bridgehead atoms. The molecule has 1 aliphatic rings. The van der Waals surface area contributed by atoms with E-state index in [1.54, 1.807) is 36.4 Å². The first-order chi connectivity index (χ1) is 16.3. The predicted octanol–water partition coefficient (Wildman–Crippen LogP) is 4.70. The van der Waals surface area contributed by atoms with Gasteiger partial charge in [-0.25, -0.2) is 8.42 Å². The Labute approximate surface area is 201 Å². The fourth-order valence-corrected chi connectivity index (χ4v) is 5.83. The minimum absolute atomic E-state index is 0.123. The van der Waals surface area contributed by atoms with Crippen LogP contribution in [0.1, 0.15) is 41.1 Å². The molecule has 1 aliphatic carbocycles. The lowest BCUT2D eigenvalue weighted by Crippen LogP contribution is -2.42. The van der Waals surface area contributed by atoms with Crippen molar-refractivity contribution in [2.75, 3.05) is 18.0 Å². The van der Waals surface area contributed by atoms with Crippen molar-refractivity contribution >= 4 is 21.6 Å². The molecule has 1 amide bonds. The highest BCUT2D eigenvalue weighted by molar-refractivity contribution is 7.92. The Morgan fingerprint density at radius 3 is 2.47 bits per heavy atom. The second-order valence-corrected chi connectivity index (χ2v) is 10.6. The molecule has 1 atom stereocenters. The lowest BCUT2D eigenvalue weighted by molar-refractivity contribution is -0.120. The third-order valence-corrected chi connectivity index (χ3v) is 7.98. The average molecular weight is 479 g/mol. The number of nitrogens with zero attached hydrogens (tertiary/aromatic N) is 1. The Hall–Kier alpha value is -3.32. The number of methoxy groups -OCH3 is 1. The number of amides is 1. The molecule has 0 spiro atoms. The van der Waals surface area contributed by atoms with Gasteiger partial charge in [-0.3, -0.25) is 9.10 Å². The first kappa shape index (κ1) is 23.8. The molecular formula is C27H30N2O4S. The Balaban J connectivity index is 1.69. The molecule has 3 aromatic carbocycles. The largest absolute Gasteiger partial charge is 0.495 e. The molecule has 0 fully saturated rings. The number of hydrogen-bond acceptors (Lipinski definition) is 4. The number of benzene rings is 3. The van der Waals surface area contributed by atoms with Crippen molar-refractivity contribution in [1.29, 1.82) is 0 Å². The smallest absolute Gasteiger partial charge is 0.264 e. The minimum Gasteiger partial charge on any atom is -0.495 e. The highest BCUT2D eigenvalue weighted by Crippen LogP contribution is 2.34. The van der Waals surface area contributed by atoms with E-state index in [1.807, 2.05) is 38.1 Å². The summed E-state index contributed by atoms with van der Waals surface area (Å²) < 4.78 is 34.1. The molecule has 0 heterocycles. The Morgan fingerprint density at radius 1 is 1.03 bits per heavy atom. The van der Waals surface area contributed by atoms with Crippen LogP contribution in [0.4, 0.5) is 5.69 Å². The summed E-state index contributed by atoms with van der Waals surface area (Å²) in [6.07, 6.45) is 2.78. The SMILES string of the molecule is COc1ccc(C)cc1N(CC(=O)N[C@@H]1CCCc2ccccc21)S(=O)(=O)c1ccc(C)cc1. The standard InChI is InChI=1S/C27H30N2O4S/c1-19-11-14-22(15-12-19)34(31,32)29(25-17-20(2)13-16-26(25)33-3)18-27(30)28-24-10-6-8-21-7-4-5-9-23(21)24/h4-5,7,9,11-17,24H,6,8,10,18H2,1-3H3,(H,28,30)/t24-/m1/s1. The first-order valence-corrected chi connectivity index (χ1v) is 12.8. The van der Waals surface area contributed by atoms with E-state index in [2.05, 4.69) is 11.4 Å². The molecule has 4 rings (SSSR count). The zero-order chi connectivity index (χ0) is 24.3. The van der Waals surface area contributed by atoms with Crippen LogP contribution in [0.25, 0.3) is 0 Å². The third-order valence-electron chi connectivity index (χ3n) is 6.20. The van der Waals surface area contributed by atoms with Crippen LogP contribution >= 0.6 is 0 Å². The summed E-state index contributed by atoms with van der Waals surface area (Å²) in [7, 11) is -2.53. The Morgan fingerprint density at radius 2 is 1.74 bits per heavy atom. The van der Waals surface area contributed by atoms with Gasteiger partial charge in [-0.15, -0.1) is 0 Å². The van der Waals surface area contributed by atoms with Crippen LogP contribution < -0.4 is 14.4 Å². The van der Waals surface area contributed by atoms with Gasteiger partial charge in [0.2, 0.25) is 5.91 Å². The second-order valence-electron chi connectivity index (χ2n) is 8.71. The van der Waals surface area contributed by atoms with Gasteiger partial charge in [0.15, 0.2) is 0 Å². The molecule has 7 heteroatoms. The maximum Gasteiger partial charge on any atom is 0.264 e. The van der Waals surface area contributed by atoms with Gasteiger partial charge in [0.25, 0.3) is 10.0 Å². The summed E-state index contributed by atoms with van der Waals surface area (Å²) in [5.41, 5.74) is 4.47. The first-order valence-electron chi connectivity index (χ1n) is 11.4. The van der Waals surface area contributed by atoms with Gasteiger partial charge in [0, 0.05) is 0 Å². The van der Waals surface area contributed by atoms with Crippen LogP contribution in [0.15, 0.2) is 71.6 Å². The molecular weight excluding hydrogens is 448 g/mol. The zero-order valence-electron chi connectivity index (χ0n) is 19.7. The fourth-order valence-electron chi connectivity index (χ4n) is 4.41. The fraction of sp³-hybridized carbons (Fsp3) is 0.296. The van der Waals surface area contributed by atoms with Gasteiger partial charge in [0.05, 0.1) is 23.7 Å². The van der Waals surface area contributed by atoms with E-state index < -0.39 is 10.0 Å². The molecule has 178 valence electrons. The summed E-state index contributed by atoms with van der Waals surface area (Å²) in [6, 6.07) is 19.9. The number of anilines is 1. The van der Waals surface area contributed by atoms with E-state index in [-0.39, 0.29) is 23.4 Å². The summed E-state index contributed by atoms with van der Waals surface area (Å²) in [6.45, 7) is 3.42. The van der Waals surface area contributed by atoms with E-state index in [1.165, 1.54) is 12.7 Å². The van der Waals surface area contributed by atoms with E-state index in [9.17, 15) is 13.2 Å². The van der Waals surface area contributed by atoms with Crippen LogP contribution in [-0.4, -0.2) is 28.0 Å². The van der Waals surface area contributed by atoms with Crippen LogP contribution in [0, 0.1) is 13.8 Å². The summed E-state index contributed by atoms with van der Waals surface area (Å²) >= 11 is 0. The maximum absolute atomic E-state index is 13.7. The number of carbonyl (C=O) groups is 1. The second kappa shape index (κ2) is 9.89. The number of nitrogens with one attached hydrogen (secondary N) is 1. The molecule has 0 aromatic heterocycles. The van der Waals surface area contributed by atoms with Crippen LogP contribution in [0.5, 0.6) is 5.75 Å².